The van der Waals surface area contributed by atoms with Crippen molar-refractivity contribution in [2.24, 2.45) is 0 Å². The lowest BCUT2D eigenvalue weighted by Crippen LogP contribution is -2.47. The number of piperazine rings is 1. The van der Waals surface area contributed by atoms with Crippen LogP contribution in [0.3, 0.4) is 0 Å². The summed E-state index contributed by atoms with van der Waals surface area (Å²) >= 11 is 0. The highest BCUT2D eigenvalue weighted by atomic mass is 15.3. The summed E-state index contributed by atoms with van der Waals surface area (Å²) in [6.07, 6.45) is 3.67. The number of rotatable bonds is 6. The molecule has 2 aromatic heterocycles. The van der Waals surface area contributed by atoms with Gasteiger partial charge >= 0.3 is 0 Å². The van der Waals surface area contributed by atoms with Crippen molar-refractivity contribution in [2.45, 2.75) is 0 Å². The van der Waals surface area contributed by atoms with E-state index < -0.39 is 0 Å². The maximum atomic E-state index is 4.64. The normalized spacial score (nSPS) is 15.0. The monoisotopic (exact) mass is 327 g/mol. The summed E-state index contributed by atoms with van der Waals surface area (Å²) in [6.45, 7) is 5.56. The Balaban J connectivity index is 1.56. The van der Waals surface area contributed by atoms with E-state index in [1.165, 1.54) is 0 Å². The Hall–Kier alpha value is -2.41. The van der Waals surface area contributed by atoms with Gasteiger partial charge in [0.05, 0.1) is 0 Å². The zero-order valence-corrected chi connectivity index (χ0v) is 14.4. The van der Waals surface area contributed by atoms with Crippen LogP contribution < -0.4 is 15.1 Å². The molecule has 7 heteroatoms. The van der Waals surface area contributed by atoms with Crippen LogP contribution >= 0.6 is 0 Å². The van der Waals surface area contributed by atoms with E-state index in [1.54, 1.807) is 0 Å². The van der Waals surface area contributed by atoms with E-state index in [2.05, 4.69) is 55.1 Å². The van der Waals surface area contributed by atoms with Crippen molar-refractivity contribution in [2.75, 3.05) is 68.5 Å². The van der Waals surface area contributed by atoms with Gasteiger partial charge < -0.3 is 20.0 Å². The van der Waals surface area contributed by atoms with Crippen molar-refractivity contribution in [3.8, 4) is 0 Å². The Morgan fingerprint density at radius 3 is 2.38 bits per heavy atom. The maximum absolute atomic E-state index is 4.64. The van der Waals surface area contributed by atoms with Crippen LogP contribution in [0.5, 0.6) is 0 Å². The molecule has 0 unspecified atom stereocenters. The van der Waals surface area contributed by atoms with Gasteiger partial charge in [-0.2, -0.15) is 4.98 Å². The number of nitrogens with zero attached hydrogens (tertiary/aromatic N) is 6. The van der Waals surface area contributed by atoms with Crippen LogP contribution in [0.4, 0.5) is 17.6 Å². The number of likely N-dealkylation sites (N-methyl/N-ethyl adjacent to an activating group) is 1. The van der Waals surface area contributed by atoms with Crippen molar-refractivity contribution in [3.63, 3.8) is 0 Å². The molecule has 1 saturated heterocycles. The van der Waals surface area contributed by atoms with Gasteiger partial charge in [-0.3, -0.25) is 0 Å². The molecule has 2 aromatic rings. The first-order chi connectivity index (χ1) is 11.7. The second-order valence-electron chi connectivity index (χ2n) is 6.13. The molecule has 24 heavy (non-hydrogen) atoms. The number of nitrogens with one attached hydrogen (secondary N) is 1. The highest BCUT2D eigenvalue weighted by Gasteiger charge is 2.19. The number of hydrogen-bond acceptors (Lipinski definition) is 7. The summed E-state index contributed by atoms with van der Waals surface area (Å²) in [5.41, 5.74) is 0. The molecule has 0 radical (unpaired) electrons. The fourth-order valence-corrected chi connectivity index (χ4v) is 2.71. The van der Waals surface area contributed by atoms with E-state index >= 15 is 0 Å². The lowest BCUT2D eigenvalue weighted by Gasteiger charge is -2.36. The average molecular weight is 327 g/mol. The number of pyridine rings is 1. The van der Waals surface area contributed by atoms with E-state index in [1.807, 2.05) is 30.6 Å². The predicted molar refractivity (Wildman–Crippen MR) is 97.7 cm³/mol. The van der Waals surface area contributed by atoms with Crippen LogP contribution in [0.1, 0.15) is 0 Å². The van der Waals surface area contributed by atoms with Gasteiger partial charge in [0, 0.05) is 51.7 Å². The minimum absolute atomic E-state index is 0.696. The minimum atomic E-state index is 0.696. The van der Waals surface area contributed by atoms with E-state index in [0.717, 1.165) is 50.9 Å². The summed E-state index contributed by atoms with van der Waals surface area (Å²) in [4.78, 5) is 20.1. The molecular formula is C17H25N7. The van der Waals surface area contributed by atoms with Crippen molar-refractivity contribution in [1.82, 2.24) is 19.9 Å². The summed E-state index contributed by atoms with van der Waals surface area (Å²) in [7, 11) is 4.11. The predicted octanol–water partition coefficient (Wildman–Crippen LogP) is 1.17. The van der Waals surface area contributed by atoms with Crippen LogP contribution in [0.25, 0.3) is 0 Å². The van der Waals surface area contributed by atoms with Crippen molar-refractivity contribution >= 4 is 17.6 Å². The summed E-state index contributed by atoms with van der Waals surface area (Å²) in [5.74, 6) is 2.73. The number of anilines is 3. The van der Waals surface area contributed by atoms with Gasteiger partial charge in [0.25, 0.3) is 0 Å². The van der Waals surface area contributed by atoms with Crippen LogP contribution in [0, 0.1) is 0 Å². The average Bonchev–Trinajstić information content (AvgIpc) is 2.63. The van der Waals surface area contributed by atoms with E-state index in [4.69, 9.17) is 0 Å². The standard InChI is InChI=1S/C17H25N7/c1-22(2)10-9-20-17-19-8-6-16(21-17)24-13-11-23(12-14-24)15-5-3-4-7-18-15/h3-8H,9-14H2,1-2H3,(H,19,20,21). The van der Waals surface area contributed by atoms with Gasteiger partial charge in [-0.1, -0.05) is 6.07 Å². The first-order valence-corrected chi connectivity index (χ1v) is 8.35. The number of hydrogen-bond donors (Lipinski definition) is 1. The zero-order chi connectivity index (χ0) is 16.8. The molecule has 1 aliphatic rings. The fraction of sp³-hybridized carbons (Fsp3) is 0.471. The Morgan fingerprint density at radius 1 is 0.958 bits per heavy atom. The van der Waals surface area contributed by atoms with E-state index in [-0.39, 0.29) is 0 Å². The summed E-state index contributed by atoms with van der Waals surface area (Å²) in [6, 6.07) is 8.02. The largest absolute Gasteiger partial charge is 0.353 e. The molecule has 0 bridgehead atoms. The topological polar surface area (TPSA) is 60.4 Å². The molecular weight excluding hydrogens is 302 g/mol. The van der Waals surface area contributed by atoms with Crippen LogP contribution in [0.15, 0.2) is 36.7 Å². The quantitative estimate of drug-likeness (QED) is 0.854. The maximum Gasteiger partial charge on any atom is 0.224 e. The van der Waals surface area contributed by atoms with Gasteiger partial charge in [-0.15, -0.1) is 0 Å². The lowest BCUT2D eigenvalue weighted by molar-refractivity contribution is 0.425. The van der Waals surface area contributed by atoms with E-state index in [9.17, 15) is 0 Å². The van der Waals surface area contributed by atoms with Gasteiger partial charge in [-0.25, -0.2) is 9.97 Å². The molecule has 3 heterocycles. The molecule has 0 amide bonds. The van der Waals surface area contributed by atoms with Gasteiger partial charge in [0.1, 0.15) is 11.6 Å². The van der Waals surface area contributed by atoms with Crippen LogP contribution in [0.2, 0.25) is 0 Å². The Bertz CT molecular complexity index is 624. The lowest BCUT2D eigenvalue weighted by atomic mass is 10.3. The fourth-order valence-electron chi connectivity index (χ4n) is 2.71. The zero-order valence-electron chi connectivity index (χ0n) is 14.4. The molecule has 128 valence electrons. The van der Waals surface area contributed by atoms with Crippen LogP contribution in [-0.2, 0) is 0 Å². The smallest absolute Gasteiger partial charge is 0.224 e. The highest BCUT2D eigenvalue weighted by Crippen LogP contribution is 2.17. The first kappa shape index (κ1) is 16.4. The highest BCUT2D eigenvalue weighted by molar-refractivity contribution is 5.46. The molecule has 1 fully saturated rings. The van der Waals surface area contributed by atoms with Crippen molar-refractivity contribution in [1.29, 1.82) is 0 Å². The third-order valence-corrected chi connectivity index (χ3v) is 4.06. The molecule has 0 spiro atoms. The molecule has 1 aliphatic heterocycles. The van der Waals surface area contributed by atoms with Gasteiger partial charge in [0.15, 0.2) is 0 Å². The van der Waals surface area contributed by atoms with Crippen LogP contribution in [-0.4, -0.2) is 73.2 Å². The molecule has 3 rings (SSSR count). The second kappa shape index (κ2) is 7.92. The van der Waals surface area contributed by atoms with E-state index in [0.29, 0.717) is 5.95 Å². The molecule has 7 nitrogen and oxygen atoms in total. The third-order valence-electron chi connectivity index (χ3n) is 4.06. The van der Waals surface area contributed by atoms with Gasteiger partial charge in [-0.05, 0) is 32.3 Å². The van der Waals surface area contributed by atoms with Crippen molar-refractivity contribution < 1.29 is 0 Å². The second-order valence-corrected chi connectivity index (χ2v) is 6.13. The summed E-state index contributed by atoms with van der Waals surface area (Å²) in [5, 5.41) is 3.28. The minimum Gasteiger partial charge on any atom is -0.353 e. The SMILES string of the molecule is CN(C)CCNc1nccc(N2CCN(c3ccccn3)CC2)n1. The molecule has 0 aromatic carbocycles. The van der Waals surface area contributed by atoms with Gasteiger partial charge in [0.2, 0.25) is 5.95 Å². The first-order valence-electron chi connectivity index (χ1n) is 8.35. The third kappa shape index (κ3) is 4.32. The molecule has 1 N–H and O–H groups in total. The molecule has 0 atom stereocenters. The Kier molecular flexibility index (Phi) is 5.43. The van der Waals surface area contributed by atoms with Crippen molar-refractivity contribution in [3.05, 3.63) is 36.7 Å². The summed E-state index contributed by atoms with van der Waals surface area (Å²) < 4.78 is 0. The Labute approximate surface area is 143 Å². The molecule has 0 aliphatic carbocycles. The Morgan fingerprint density at radius 2 is 1.71 bits per heavy atom. The molecule has 0 saturated carbocycles. The number of aromatic nitrogens is 3.